The van der Waals surface area contributed by atoms with Crippen molar-refractivity contribution in [3.8, 4) is 0 Å². The predicted octanol–water partition coefficient (Wildman–Crippen LogP) is 2.00. The van der Waals surface area contributed by atoms with Crippen molar-refractivity contribution in [3.63, 3.8) is 0 Å². The van der Waals surface area contributed by atoms with Gasteiger partial charge in [-0.05, 0) is 24.5 Å². The Balaban J connectivity index is 1.41. The van der Waals surface area contributed by atoms with Crippen LogP contribution in [0.15, 0.2) is 24.3 Å². The average molecular weight is 401 g/mol. The first-order valence-corrected chi connectivity index (χ1v) is 10.0. The summed E-state index contributed by atoms with van der Waals surface area (Å²) >= 11 is 0. The maximum atomic E-state index is 12.4. The molecule has 0 spiro atoms. The highest BCUT2D eigenvalue weighted by Gasteiger charge is 2.34. The van der Waals surface area contributed by atoms with Crippen LogP contribution in [-0.4, -0.2) is 77.8 Å². The van der Waals surface area contributed by atoms with Crippen LogP contribution in [-0.2, 0) is 9.53 Å². The van der Waals surface area contributed by atoms with Gasteiger partial charge < -0.3 is 14.5 Å². The van der Waals surface area contributed by atoms with Crippen LogP contribution >= 0.6 is 0 Å². The average Bonchev–Trinajstić information content (AvgIpc) is 2.97. The molecule has 0 unspecified atom stereocenters. The first-order chi connectivity index (χ1) is 13.9. The predicted molar refractivity (Wildman–Crippen MR) is 105 cm³/mol. The second kappa shape index (κ2) is 9.07. The van der Waals surface area contributed by atoms with Crippen LogP contribution in [0.25, 0.3) is 0 Å². The van der Waals surface area contributed by atoms with E-state index < -0.39 is 0 Å². The highest BCUT2D eigenvalue weighted by atomic mass is 16.6. The third-order valence-electron chi connectivity index (χ3n) is 5.08. The van der Waals surface area contributed by atoms with Crippen molar-refractivity contribution in [2.24, 2.45) is 5.92 Å². The van der Waals surface area contributed by atoms with Crippen LogP contribution in [0.2, 0.25) is 0 Å². The number of benzene rings is 1. The molecule has 2 aliphatic heterocycles. The number of piperazine rings is 1. The van der Waals surface area contributed by atoms with E-state index in [9.17, 15) is 19.2 Å². The van der Waals surface area contributed by atoms with Crippen molar-refractivity contribution in [1.29, 1.82) is 0 Å². The minimum Gasteiger partial charge on any atom is -0.449 e. The number of fused-ring (bicyclic) bond motifs is 1. The van der Waals surface area contributed by atoms with E-state index in [-0.39, 0.29) is 42.7 Å². The molecule has 0 bridgehead atoms. The number of nitrogens with zero attached hydrogens (tertiary/aromatic N) is 3. The molecule has 0 radical (unpaired) electrons. The molecule has 1 aromatic rings. The highest BCUT2D eigenvalue weighted by molar-refractivity contribution is 6.21. The summed E-state index contributed by atoms with van der Waals surface area (Å²) in [5, 5.41) is 0. The van der Waals surface area contributed by atoms with Gasteiger partial charge in [-0.25, -0.2) is 4.79 Å². The molecule has 0 N–H and O–H groups in total. The molecule has 3 rings (SSSR count). The molecule has 0 saturated carbocycles. The standard InChI is InChI=1S/C21H27N3O5/c1-15(2)14-29-21(28)23-12-10-22(11-13-23)18(25)8-5-9-24-19(26)16-6-3-4-7-17(16)20(24)27/h3-4,6-7,15H,5,8-14H2,1-2H3. The number of imide groups is 1. The van der Waals surface area contributed by atoms with E-state index in [1.807, 2.05) is 13.8 Å². The summed E-state index contributed by atoms with van der Waals surface area (Å²) in [5.41, 5.74) is 0.841. The number of hydrogen-bond acceptors (Lipinski definition) is 5. The lowest BCUT2D eigenvalue weighted by Crippen LogP contribution is -2.50. The summed E-state index contributed by atoms with van der Waals surface area (Å²) < 4.78 is 5.22. The number of carbonyl (C=O) groups excluding carboxylic acids is 4. The first-order valence-electron chi connectivity index (χ1n) is 10.0. The van der Waals surface area contributed by atoms with E-state index in [2.05, 4.69) is 0 Å². The summed E-state index contributed by atoms with van der Waals surface area (Å²) in [4.78, 5) is 53.7. The van der Waals surface area contributed by atoms with E-state index >= 15 is 0 Å². The molecule has 0 aliphatic carbocycles. The number of rotatable bonds is 6. The smallest absolute Gasteiger partial charge is 0.409 e. The monoisotopic (exact) mass is 401 g/mol. The van der Waals surface area contributed by atoms with Gasteiger partial charge in [0.1, 0.15) is 0 Å². The van der Waals surface area contributed by atoms with E-state index in [0.29, 0.717) is 50.3 Å². The first kappa shape index (κ1) is 20.8. The fraction of sp³-hybridized carbons (Fsp3) is 0.524. The molecule has 8 heteroatoms. The number of carbonyl (C=O) groups is 4. The van der Waals surface area contributed by atoms with Gasteiger partial charge in [-0.2, -0.15) is 0 Å². The van der Waals surface area contributed by atoms with Crippen LogP contribution in [0.3, 0.4) is 0 Å². The van der Waals surface area contributed by atoms with E-state index in [1.54, 1.807) is 34.1 Å². The summed E-state index contributed by atoms with van der Waals surface area (Å²) in [6, 6.07) is 6.75. The summed E-state index contributed by atoms with van der Waals surface area (Å²) in [7, 11) is 0. The zero-order valence-electron chi connectivity index (χ0n) is 16.9. The van der Waals surface area contributed by atoms with Gasteiger partial charge in [0.2, 0.25) is 5.91 Å². The van der Waals surface area contributed by atoms with Crippen LogP contribution in [0.5, 0.6) is 0 Å². The Bertz CT molecular complexity index is 764. The second-order valence-corrected chi connectivity index (χ2v) is 7.75. The Kier molecular flexibility index (Phi) is 6.51. The fourth-order valence-electron chi connectivity index (χ4n) is 3.46. The van der Waals surface area contributed by atoms with Crippen molar-refractivity contribution < 1.29 is 23.9 Å². The lowest BCUT2D eigenvalue weighted by Gasteiger charge is -2.34. The number of amides is 4. The third-order valence-corrected chi connectivity index (χ3v) is 5.08. The van der Waals surface area contributed by atoms with E-state index in [1.165, 1.54) is 4.90 Å². The van der Waals surface area contributed by atoms with Gasteiger partial charge in [-0.1, -0.05) is 26.0 Å². The van der Waals surface area contributed by atoms with Gasteiger partial charge in [-0.15, -0.1) is 0 Å². The highest BCUT2D eigenvalue weighted by Crippen LogP contribution is 2.22. The molecular weight excluding hydrogens is 374 g/mol. The van der Waals surface area contributed by atoms with Crippen molar-refractivity contribution >= 4 is 23.8 Å². The minimum atomic E-state index is -0.337. The van der Waals surface area contributed by atoms with Gasteiger partial charge in [0.15, 0.2) is 0 Å². The Morgan fingerprint density at radius 2 is 1.52 bits per heavy atom. The van der Waals surface area contributed by atoms with Crippen molar-refractivity contribution in [2.45, 2.75) is 26.7 Å². The largest absolute Gasteiger partial charge is 0.449 e. The normalized spacial score (nSPS) is 16.4. The van der Waals surface area contributed by atoms with Crippen molar-refractivity contribution in [2.75, 3.05) is 39.3 Å². The SMILES string of the molecule is CC(C)COC(=O)N1CCN(C(=O)CCCN2C(=O)c3ccccc3C2=O)CC1. The Morgan fingerprint density at radius 3 is 2.07 bits per heavy atom. The zero-order valence-corrected chi connectivity index (χ0v) is 16.9. The Morgan fingerprint density at radius 1 is 0.966 bits per heavy atom. The second-order valence-electron chi connectivity index (χ2n) is 7.75. The molecular formula is C21H27N3O5. The van der Waals surface area contributed by atoms with Crippen LogP contribution in [0.4, 0.5) is 4.79 Å². The molecule has 1 saturated heterocycles. The van der Waals surface area contributed by atoms with Gasteiger partial charge in [0.05, 0.1) is 17.7 Å². The molecule has 29 heavy (non-hydrogen) atoms. The molecule has 4 amide bonds. The molecule has 8 nitrogen and oxygen atoms in total. The molecule has 0 aromatic heterocycles. The van der Waals surface area contributed by atoms with Crippen LogP contribution in [0.1, 0.15) is 47.4 Å². The molecule has 156 valence electrons. The topological polar surface area (TPSA) is 87.2 Å². The summed E-state index contributed by atoms with van der Waals surface area (Å²) in [5.74, 6) is -0.348. The lowest BCUT2D eigenvalue weighted by molar-refractivity contribution is -0.132. The molecule has 0 atom stereocenters. The lowest BCUT2D eigenvalue weighted by atomic mass is 10.1. The van der Waals surface area contributed by atoms with Crippen molar-refractivity contribution in [3.05, 3.63) is 35.4 Å². The molecule has 2 aliphatic rings. The van der Waals surface area contributed by atoms with Crippen LogP contribution in [0, 0.1) is 5.92 Å². The quantitative estimate of drug-likeness (QED) is 0.681. The van der Waals surface area contributed by atoms with Gasteiger partial charge in [0, 0.05) is 39.1 Å². The van der Waals surface area contributed by atoms with Gasteiger partial charge in [-0.3, -0.25) is 19.3 Å². The number of ether oxygens (including phenoxy) is 1. The Labute approximate surface area is 170 Å². The third kappa shape index (κ3) is 4.75. The van der Waals surface area contributed by atoms with Crippen LogP contribution < -0.4 is 0 Å². The van der Waals surface area contributed by atoms with Gasteiger partial charge >= 0.3 is 6.09 Å². The maximum Gasteiger partial charge on any atom is 0.409 e. The van der Waals surface area contributed by atoms with E-state index in [0.717, 1.165) is 0 Å². The molecule has 2 heterocycles. The van der Waals surface area contributed by atoms with Gasteiger partial charge in [0.25, 0.3) is 11.8 Å². The maximum absolute atomic E-state index is 12.4. The summed E-state index contributed by atoms with van der Waals surface area (Å²) in [6.45, 7) is 6.38. The number of hydrogen-bond donors (Lipinski definition) is 0. The zero-order chi connectivity index (χ0) is 21.0. The van der Waals surface area contributed by atoms with E-state index in [4.69, 9.17) is 4.74 Å². The fourth-order valence-corrected chi connectivity index (χ4v) is 3.46. The van der Waals surface area contributed by atoms with Crippen molar-refractivity contribution in [1.82, 2.24) is 14.7 Å². The Hall–Kier alpha value is -2.90. The molecule has 1 aromatic carbocycles. The molecule has 1 fully saturated rings. The minimum absolute atomic E-state index is 0.0307. The summed E-state index contributed by atoms with van der Waals surface area (Å²) in [6.07, 6.45) is 0.336.